The molecule has 8 heteroatoms. The first-order valence-electron chi connectivity index (χ1n) is 6.89. The summed E-state index contributed by atoms with van der Waals surface area (Å²) < 4.78 is 1.68. The van der Waals surface area contributed by atoms with Crippen molar-refractivity contribution in [1.29, 1.82) is 0 Å². The summed E-state index contributed by atoms with van der Waals surface area (Å²) >= 11 is 0. The molecule has 1 unspecified atom stereocenters. The van der Waals surface area contributed by atoms with Crippen molar-refractivity contribution in [3.8, 4) is 0 Å². The van der Waals surface area contributed by atoms with E-state index in [9.17, 15) is 9.59 Å². The largest absolute Gasteiger partial charge is 0.481 e. The summed E-state index contributed by atoms with van der Waals surface area (Å²) in [6.45, 7) is 6.83. The standard InChI is InChI=1S/C13H23N5O3/c1-13(2,3)10(9-11(19)20)16-12(21)14-5-4-7-18-8-6-15-17-18/h6,8,10H,4-5,7,9H2,1-3H3,(H,19,20)(H2,14,16,21). The molecule has 0 radical (unpaired) electrons. The average Bonchev–Trinajstić information content (AvgIpc) is 2.85. The lowest BCUT2D eigenvalue weighted by Gasteiger charge is -2.30. The van der Waals surface area contributed by atoms with E-state index in [2.05, 4.69) is 20.9 Å². The molecule has 0 aromatic carbocycles. The first kappa shape index (κ1) is 16.9. The normalized spacial score (nSPS) is 12.7. The number of hydrogen-bond donors (Lipinski definition) is 3. The Bertz CT molecular complexity index is 453. The van der Waals surface area contributed by atoms with Crippen LogP contribution in [-0.2, 0) is 11.3 Å². The van der Waals surface area contributed by atoms with E-state index in [-0.39, 0.29) is 17.9 Å². The van der Waals surface area contributed by atoms with Crippen LogP contribution in [0.2, 0.25) is 0 Å². The fourth-order valence-corrected chi connectivity index (χ4v) is 1.75. The van der Waals surface area contributed by atoms with Gasteiger partial charge < -0.3 is 15.7 Å². The van der Waals surface area contributed by atoms with Crippen LogP contribution in [-0.4, -0.2) is 44.7 Å². The van der Waals surface area contributed by atoms with Crippen molar-refractivity contribution in [2.45, 2.75) is 46.2 Å². The molecule has 0 spiro atoms. The molecule has 1 atom stereocenters. The lowest BCUT2D eigenvalue weighted by molar-refractivity contribution is -0.138. The lowest BCUT2D eigenvalue weighted by atomic mass is 9.85. The number of hydrogen-bond acceptors (Lipinski definition) is 4. The first-order valence-corrected chi connectivity index (χ1v) is 6.89. The van der Waals surface area contributed by atoms with Crippen molar-refractivity contribution in [3.63, 3.8) is 0 Å². The van der Waals surface area contributed by atoms with Gasteiger partial charge in [0.05, 0.1) is 12.6 Å². The van der Waals surface area contributed by atoms with E-state index in [1.54, 1.807) is 17.1 Å². The Morgan fingerprint density at radius 1 is 1.38 bits per heavy atom. The molecule has 0 aliphatic heterocycles. The van der Waals surface area contributed by atoms with Crippen LogP contribution in [0.5, 0.6) is 0 Å². The number of carbonyl (C=O) groups excluding carboxylic acids is 1. The van der Waals surface area contributed by atoms with E-state index in [1.165, 1.54) is 0 Å². The lowest BCUT2D eigenvalue weighted by Crippen LogP contribution is -2.49. The van der Waals surface area contributed by atoms with Crippen LogP contribution in [0.25, 0.3) is 0 Å². The summed E-state index contributed by atoms with van der Waals surface area (Å²) in [6.07, 6.45) is 3.97. The molecule has 2 amide bonds. The van der Waals surface area contributed by atoms with Gasteiger partial charge >= 0.3 is 12.0 Å². The van der Waals surface area contributed by atoms with Gasteiger partial charge in [-0.05, 0) is 11.8 Å². The van der Waals surface area contributed by atoms with Crippen molar-refractivity contribution in [1.82, 2.24) is 25.6 Å². The fourth-order valence-electron chi connectivity index (χ4n) is 1.75. The fraction of sp³-hybridized carbons (Fsp3) is 0.692. The third-order valence-corrected chi connectivity index (χ3v) is 3.05. The summed E-state index contributed by atoms with van der Waals surface area (Å²) in [5, 5.41) is 21.8. The second kappa shape index (κ2) is 7.61. The summed E-state index contributed by atoms with van der Waals surface area (Å²) in [4.78, 5) is 22.6. The van der Waals surface area contributed by atoms with Gasteiger partial charge in [-0.3, -0.25) is 9.48 Å². The molecule has 0 aliphatic rings. The Kier molecular flexibility index (Phi) is 6.13. The van der Waals surface area contributed by atoms with Crippen LogP contribution in [0.4, 0.5) is 4.79 Å². The highest BCUT2D eigenvalue weighted by molar-refractivity contribution is 5.75. The highest BCUT2D eigenvalue weighted by Gasteiger charge is 2.28. The average molecular weight is 297 g/mol. The van der Waals surface area contributed by atoms with Gasteiger partial charge in [0.2, 0.25) is 0 Å². The number of carboxylic acids is 1. The Morgan fingerprint density at radius 2 is 2.10 bits per heavy atom. The predicted octanol–water partition coefficient (Wildman–Crippen LogP) is 0.857. The van der Waals surface area contributed by atoms with Gasteiger partial charge in [0, 0.05) is 25.3 Å². The topological polar surface area (TPSA) is 109 Å². The molecule has 1 rings (SSSR count). The van der Waals surface area contributed by atoms with Crippen molar-refractivity contribution >= 4 is 12.0 Å². The Hall–Kier alpha value is -2.12. The summed E-state index contributed by atoms with van der Waals surface area (Å²) in [5.41, 5.74) is -0.323. The summed E-state index contributed by atoms with van der Waals surface area (Å²) in [7, 11) is 0. The minimum absolute atomic E-state index is 0.101. The number of aliphatic carboxylic acids is 1. The Labute approximate surface area is 123 Å². The molecule has 0 saturated carbocycles. The number of nitrogens with zero attached hydrogens (tertiary/aromatic N) is 3. The molecule has 118 valence electrons. The van der Waals surface area contributed by atoms with Crippen LogP contribution in [0.3, 0.4) is 0 Å². The first-order chi connectivity index (χ1) is 9.79. The van der Waals surface area contributed by atoms with E-state index in [0.29, 0.717) is 13.1 Å². The molecule has 21 heavy (non-hydrogen) atoms. The zero-order chi connectivity index (χ0) is 15.9. The number of amides is 2. The van der Waals surface area contributed by atoms with E-state index in [0.717, 1.165) is 6.42 Å². The number of aromatic nitrogens is 3. The highest BCUT2D eigenvalue weighted by Crippen LogP contribution is 2.21. The highest BCUT2D eigenvalue weighted by atomic mass is 16.4. The van der Waals surface area contributed by atoms with Crippen molar-refractivity contribution in [3.05, 3.63) is 12.4 Å². The molecule has 0 fully saturated rings. The van der Waals surface area contributed by atoms with E-state index in [1.807, 2.05) is 20.8 Å². The smallest absolute Gasteiger partial charge is 0.315 e. The number of rotatable bonds is 7. The maximum atomic E-state index is 11.8. The van der Waals surface area contributed by atoms with Gasteiger partial charge in [0.15, 0.2) is 0 Å². The zero-order valence-corrected chi connectivity index (χ0v) is 12.7. The van der Waals surface area contributed by atoms with Crippen LogP contribution in [0.1, 0.15) is 33.6 Å². The van der Waals surface area contributed by atoms with Crippen molar-refractivity contribution < 1.29 is 14.7 Å². The van der Waals surface area contributed by atoms with Crippen molar-refractivity contribution in [2.24, 2.45) is 5.41 Å². The van der Waals surface area contributed by atoms with Gasteiger partial charge in [-0.1, -0.05) is 26.0 Å². The molecular weight excluding hydrogens is 274 g/mol. The van der Waals surface area contributed by atoms with E-state index >= 15 is 0 Å². The summed E-state index contributed by atoms with van der Waals surface area (Å²) in [5.74, 6) is -0.929. The molecule has 3 N–H and O–H groups in total. The summed E-state index contributed by atoms with van der Waals surface area (Å²) in [6, 6.07) is -0.778. The Balaban J connectivity index is 2.31. The van der Waals surface area contributed by atoms with E-state index < -0.39 is 12.0 Å². The quantitative estimate of drug-likeness (QED) is 0.647. The van der Waals surface area contributed by atoms with Gasteiger partial charge in [-0.25, -0.2) is 4.79 Å². The number of urea groups is 1. The SMILES string of the molecule is CC(C)(C)C(CC(=O)O)NC(=O)NCCCn1ccnn1. The molecule has 0 saturated heterocycles. The molecule has 1 aromatic rings. The van der Waals surface area contributed by atoms with Gasteiger partial charge in [-0.15, -0.1) is 5.10 Å². The monoisotopic (exact) mass is 297 g/mol. The van der Waals surface area contributed by atoms with Gasteiger partial charge in [0.25, 0.3) is 0 Å². The number of carbonyl (C=O) groups is 2. The second-order valence-corrected chi connectivity index (χ2v) is 5.94. The van der Waals surface area contributed by atoms with Gasteiger partial charge in [-0.2, -0.15) is 0 Å². The maximum absolute atomic E-state index is 11.8. The third-order valence-electron chi connectivity index (χ3n) is 3.05. The van der Waals surface area contributed by atoms with Crippen LogP contribution < -0.4 is 10.6 Å². The third kappa shape index (κ3) is 6.73. The molecular formula is C13H23N5O3. The molecule has 8 nitrogen and oxygen atoms in total. The van der Waals surface area contributed by atoms with Gasteiger partial charge in [0.1, 0.15) is 0 Å². The van der Waals surface area contributed by atoms with Crippen LogP contribution >= 0.6 is 0 Å². The molecule has 1 aromatic heterocycles. The minimum atomic E-state index is -0.929. The number of aryl methyl sites for hydroxylation is 1. The second-order valence-electron chi connectivity index (χ2n) is 5.94. The minimum Gasteiger partial charge on any atom is -0.481 e. The van der Waals surface area contributed by atoms with E-state index in [4.69, 9.17) is 5.11 Å². The molecule has 1 heterocycles. The molecule has 0 aliphatic carbocycles. The maximum Gasteiger partial charge on any atom is 0.315 e. The number of carboxylic acid groups (broad SMARTS) is 1. The zero-order valence-electron chi connectivity index (χ0n) is 12.7. The Morgan fingerprint density at radius 3 is 2.62 bits per heavy atom. The molecule has 0 bridgehead atoms. The predicted molar refractivity (Wildman–Crippen MR) is 76.7 cm³/mol. The van der Waals surface area contributed by atoms with Crippen LogP contribution in [0, 0.1) is 5.41 Å². The number of nitrogens with one attached hydrogen (secondary N) is 2. The van der Waals surface area contributed by atoms with Crippen molar-refractivity contribution in [2.75, 3.05) is 6.54 Å². The van der Waals surface area contributed by atoms with Crippen LogP contribution in [0.15, 0.2) is 12.4 Å².